The molecule has 8 heteroatoms. The molecule has 7 nitrogen and oxygen atoms in total. The number of carbonyl (C=O) groups excluding carboxylic acids is 1. The fourth-order valence-corrected chi connectivity index (χ4v) is 2.90. The van der Waals surface area contributed by atoms with Gasteiger partial charge in [0.25, 0.3) is 0 Å². The van der Waals surface area contributed by atoms with E-state index in [-0.39, 0.29) is 18.9 Å². The highest BCUT2D eigenvalue weighted by Crippen LogP contribution is 2.23. The van der Waals surface area contributed by atoms with Crippen LogP contribution in [0.2, 0.25) is 5.02 Å². The molecule has 0 aliphatic rings. The van der Waals surface area contributed by atoms with Crippen molar-refractivity contribution in [2.24, 2.45) is 10.3 Å². The van der Waals surface area contributed by atoms with Gasteiger partial charge in [0, 0.05) is 28.8 Å². The highest BCUT2D eigenvalue weighted by Gasteiger charge is 2.21. The first-order chi connectivity index (χ1) is 14.0. The molecule has 154 valence electrons. The Kier molecular flexibility index (Phi) is 8.64. The smallest absolute Gasteiger partial charge is 0.360 e. The minimum Gasteiger partial charge on any atom is -0.464 e. The number of methoxy groups -OCH3 is 2. The number of carbonyl (C=O) groups is 1. The van der Waals surface area contributed by atoms with Gasteiger partial charge in [-0.05, 0) is 18.6 Å². The molecule has 2 aromatic rings. The van der Waals surface area contributed by atoms with Crippen molar-refractivity contribution in [1.82, 2.24) is 0 Å². The third-order valence-corrected chi connectivity index (χ3v) is 4.41. The number of oxime groups is 2. The molecule has 0 atom stereocenters. The van der Waals surface area contributed by atoms with E-state index in [0.29, 0.717) is 21.9 Å². The second kappa shape index (κ2) is 11.2. The molecule has 0 spiro atoms. The highest BCUT2D eigenvalue weighted by atomic mass is 35.5. The van der Waals surface area contributed by atoms with Gasteiger partial charge in [0.2, 0.25) is 0 Å². The Hall–Kier alpha value is -2.90. The molecule has 29 heavy (non-hydrogen) atoms. The van der Waals surface area contributed by atoms with Gasteiger partial charge in [-0.2, -0.15) is 0 Å². The average Bonchev–Trinajstić information content (AvgIpc) is 2.72. The maximum Gasteiger partial charge on any atom is 0.360 e. The zero-order valence-electron chi connectivity index (χ0n) is 16.8. The molecule has 0 aromatic heterocycles. The van der Waals surface area contributed by atoms with Crippen LogP contribution in [-0.2, 0) is 30.6 Å². The lowest BCUT2D eigenvalue weighted by molar-refractivity contribution is -0.132. The Morgan fingerprint density at radius 3 is 2.38 bits per heavy atom. The van der Waals surface area contributed by atoms with E-state index in [0.717, 1.165) is 11.1 Å². The van der Waals surface area contributed by atoms with Crippen LogP contribution < -0.4 is 0 Å². The maximum atomic E-state index is 12.1. The fraction of sp³-hybridized carbons (Fsp3) is 0.286. The fourth-order valence-electron chi connectivity index (χ4n) is 2.67. The lowest BCUT2D eigenvalue weighted by Crippen LogP contribution is -2.19. The first kappa shape index (κ1) is 22.4. The summed E-state index contributed by atoms with van der Waals surface area (Å²) in [7, 11) is 4.19. The van der Waals surface area contributed by atoms with Crippen molar-refractivity contribution in [3.8, 4) is 0 Å². The predicted molar refractivity (Wildman–Crippen MR) is 111 cm³/mol. The molecule has 0 radical (unpaired) electrons. The van der Waals surface area contributed by atoms with Crippen molar-refractivity contribution in [2.75, 3.05) is 27.9 Å². The van der Waals surface area contributed by atoms with E-state index in [2.05, 4.69) is 10.3 Å². The van der Waals surface area contributed by atoms with Crippen LogP contribution in [0.15, 0.2) is 52.8 Å². The summed E-state index contributed by atoms with van der Waals surface area (Å²) in [5.74, 6) is -0.654. The summed E-state index contributed by atoms with van der Waals surface area (Å²) >= 11 is 6.34. The Morgan fingerprint density at radius 2 is 1.72 bits per heavy atom. The number of ether oxygens (including phenoxy) is 2. The summed E-state index contributed by atoms with van der Waals surface area (Å²) in [5.41, 5.74) is 3.55. The number of halogens is 1. The van der Waals surface area contributed by atoms with E-state index in [1.165, 1.54) is 14.2 Å². The topological polar surface area (TPSA) is 78.7 Å². The van der Waals surface area contributed by atoms with Gasteiger partial charge >= 0.3 is 5.97 Å². The Morgan fingerprint density at radius 1 is 1.00 bits per heavy atom. The quantitative estimate of drug-likeness (QED) is 0.352. The lowest BCUT2D eigenvalue weighted by atomic mass is 10.0. The van der Waals surface area contributed by atoms with Gasteiger partial charge in [0.05, 0.1) is 13.7 Å². The van der Waals surface area contributed by atoms with Gasteiger partial charge in [-0.1, -0.05) is 58.3 Å². The molecule has 0 N–H and O–H groups in total. The molecule has 0 aliphatic heterocycles. The second-order valence-electron chi connectivity index (χ2n) is 5.94. The predicted octanol–water partition coefficient (Wildman–Crippen LogP) is 3.74. The number of aryl methyl sites for hydroxylation is 1. The third kappa shape index (κ3) is 5.79. The van der Waals surface area contributed by atoms with Crippen molar-refractivity contribution in [3.05, 3.63) is 69.7 Å². The third-order valence-electron chi connectivity index (χ3n) is 4.06. The number of rotatable bonds is 9. The van der Waals surface area contributed by atoms with Gasteiger partial charge in [-0.25, -0.2) is 4.79 Å². The SMILES string of the molecule is COC/C(=N\OCc1c(Cl)cccc1/C(=N\OC)C(=O)OC)c1ccccc1C. The normalized spacial score (nSPS) is 11.9. The molecular weight excluding hydrogens is 396 g/mol. The highest BCUT2D eigenvalue weighted by molar-refractivity contribution is 6.44. The molecule has 0 aliphatic carbocycles. The van der Waals surface area contributed by atoms with E-state index in [1.54, 1.807) is 25.3 Å². The first-order valence-corrected chi connectivity index (χ1v) is 9.12. The number of esters is 1. The minimum absolute atomic E-state index is 0.00777. The van der Waals surface area contributed by atoms with E-state index < -0.39 is 5.97 Å². The monoisotopic (exact) mass is 418 g/mol. The van der Waals surface area contributed by atoms with Crippen LogP contribution in [0.4, 0.5) is 0 Å². The summed E-state index contributed by atoms with van der Waals surface area (Å²) in [4.78, 5) is 22.5. The van der Waals surface area contributed by atoms with E-state index in [9.17, 15) is 4.79 Å². The van der Waals surface area contributed by atoms with E-state index in [4.69, 9.17) is 30.7 Å². The largest absolute Gasteiger partial charge is 0.464 e. The molecular formula is C21H23ClN2O5. The van der Waals surface area contributed by atoms with Crippen LogP contribution in [0.3, 0.4) is 0 Å². The summed E-state index contributed by atoms with van der Waals surface area (Å²) in [6, 6.07) is 12.9. The van der Waals surface area contributed by atoms with Gasteiger partial charge in [-0.15, -0.1) is 0 Å². The van der Waals surface area contributed by atoms with Gasteiger partial charge < -0.3 is 19.1 Å². The Bertz CT molecular complexity index is 912. The van der Waals surface area contributed by atoms with Crippen molar-refractivity contribution >= 4 is 29.0 Å². The van der Waals surface area contributed by atoms with Crippen molar-refractivity contribution < 1.29 is 23.9 Å². The summed E-state index contributed by atoms with van der Waals surface area (Å²) in [6.45, 7) is 2.27. The molecule has 0 fully saturated rings. The lowest BCUT2D eigenvalue weighted by Gasteiger charge is -2.12. The summed E-state index contributed by atoms with van der Waals surface area (Å²) in [5, 5.41) is 8.41. The number of benzene rings is 2. The molecule has 2 rings (SSSR count). The molecule has 2 aromatic carbocycles. The van der Waals surface area contributed by atoms with Gasteiger partial charge in [0.1, 0.15) is 19.4 Å². The van der Waals surface area contributed by atoms with Crippen molar-refractivity contribution in [3.63, 3.8) is 0 Å². The molecule has 0 bridgehead atoms. The van der Waals surface area contributed by atoms with Crippen LogP contribution in [0.5, 0.6) is 0 Å². The van der Waals surface area contributed by atoms with Crippen molar-refractivity contribution in [1.29, 1.82) is 0 Å². The van der Waals surface area contributed by atoms with E-state index >= 15 is 0 Å². The van der Waals surface area contributed by atoms with Gasteiger partial charge in [0.15, 0.2) is 5.71 Å². The number of nitrogens with zero attached hydrogens (tertiary/aromatic N) is 2. The second-order valence-corrected chi connectivity index (χ2v) is 6.35. The Balaban J connectivity index is 2.34. The maximum absolute atomic E-state index is 12.1. The van der Waals surface area contributed by atoms with Crippen LogP contribution >= 0.6 is 11.6 Å². The summed E-state index contributed by atoms with van der Waals surface area (Å²) in [6.07, 6.45) is 0. The molecule has 0 saturated carbocycles. The van der Waals surface area contributed by atoms with E-state index in [1.807, 2.05) is 31.2 Å². The zero-order chi connectivity index (χ0) is 21.2. The molecule has 0 unspecified atom stereocenters. The van der Waals surface area contributed by atoms with Crippen LogP contribution in [0.1, 0.15) is 22.3 Å². The standard InChI is InChI=1S/C21H23ClN2O5/c1-14-8-5-6-9-15(14)19(13-26-2)23-29-12-17-16(10-7-11-18(17)22)20(24-28-4)21(25)27-3/h5-11H,12-13H2,1-4H3/b23-19+,24-20+. The minimum atomic E-state index is -0.654. The average molecular weight is 419 g/mol. The zero-order valence-corrected chi connectivity index (χ0v) is 17.5. The van der Waals surface area contributed by atoms with Crippen LogP contribution in [0.25, 0.3) is 0 Å². The molecule has 0 amide bonds. The van der Waals surface area contributed by atoms with Crippen molar-refractivity contribution in [2.45, 2.75) is 13.5 Å². The molecule has 0 saturated heterocycles. The number of hydrogen-bond acceptors (Lipinski definition) is 7. The van der Waals surface area contributed by atoms with Gasteiger partial charge in [-0.3, -0.25) is 0 Å². The van der Waals surface area contributed by atoms with Crippen LogP contribution in [0, 0.1) is 6.92 Å². The first-order valence-electron chi connectivity index (χ1n) is 8.74. The molecule has 0 heterocycles. The summed E-state index contributed by atoms with van der Waals surface area (Å²) < 4.78 is 10.0. The Labute approximate surface area is 174 Å². The number of hydrogen-bond donors (Lipinski definition) is 0. The van der Waals surface area contributed by atoms with Crippen LogP contribution in [-0.4, -0.2) is 45.3 Å².